The van der Waals surface area contributed by atoms with E-state index in [1.807, 2.05) is 7.05 Å². The standard InChI is InChI=1S/C20H32FN3O2.HI/c1-3-22-20(24(2)13-15-25-16-17-6-7-17)23-12-4-5-14-26-19-10-8-18(21)9-11-19;/h8-11,17H,3-7,12-16H2,1-2H3,(H,22,23);1H. The number of unbranched alkanes of at least 4 members (excludes halogenated alkanes) is 1. The minimum atomic E-state index is -0.246. The van der Waals surface area contributed by atoms with E-state index in [0.717, 1.165) is 57.6 Å². The van der Waals surface area contributed by atoms with E-state index in [4.69, 9.17) is 9.47 Å². The molecule has 1 aliphatic rings. The van der Waals surface area contributed by atoms with Gasteiger partial charge in [-0.25, -0.2) is 4.39 Å². The Morgan fingerprint density at radius 2 is 1.96 bits per heavy atom. The maximum absolute atomic E-state index is 12.8. The molecule has 0 saturated heterocycles. The molecule has 1 aliphatic carbocycles. The molecule has 0 amide bonds. The SMILES string of the molecule is CCNC(=NCCCCOc1ccc(F)cc1)N(C)CCOCC1CC1.I. The molecule has 1 fully saturated rings. The van der Waals surface area contributed by atoms with Crippen LogP contribution in [0.5, 0.6) is 5.75 Å². The average molecular weight is 493 g/mol. The van der Waals surface area contributed by atoms with Crippen LogP contribution >= 0.6 is 24.0 Å². The van der Waals surface area contributed by atoms with E-state index in [9.17, 15) is 4.39 Å². The van der Waals surface area contributed by atoms with Gasteiger partial charge in [0.1, 0.15) is 11.6 Å². The van der Waals surface area contributed by atoms with Gasteiger partial charge in [0, 0.05) is 33.3 Å². The monoisotopic (exact) mass is 493 g/mol. The Balaban J connectivity index is 0.00000364. The predicted molar refractivity (Wildman–Crippen MR) is 119 cm³/mol. The molecule has 0 unspecified atom stereocenters. The fourth-order valence-corrected chi connectivity index (χ4v) is 2.43. The van der Waals surface area contributed by atoms with Gasteiger partial charge < -0.3 is 19.7 Å². The summed E-state index contributed by atoms with van der Waals surface area (Å²) >= 11 is 0. The van der Waals surface area contributed by atoms with Crippen LogP contribution in [0.4, 0.5) is 4.39 Å². The Labute approximate surface area is 179 Å². The first kappa shape index (κ1) is 23.9. The molecule has 5 nitrogen and oxygen atoms in total. The number of rotatable bonds is 12. The second kappa shape index (κ2) is 14.0. The van der Waals surface area contributed by atoms with Gasteiger partial charge in [0.15, 0.2) is 5.96 Å². The summed E-state index contributed by atoms with van der Waals surface area (Å²) in [5.74, 6) is 2.18. The van der Waals surface area contributed by atoms with Crippen molar-refractivity contribution in [2.45, 2.75) is 32.6 Å². The lowest BCUT2D eigenvalue weighted by atomic mass is 10.3. The minimum Gasteiger partial charge on any atom is -0.494 e. The lowest BCUT2D eigenvalue weighted by Crippen LogP contribution is -2.40. The third-order valence-corrected chi connectivity index (χ3v) is 4.21. The quantitative estimate of drug-likeness (QED) is 0.208. The van der Waals surface area contributed by atoms with Gasteiger partial charge in [0.25, 0.3) is 0 Å². The largest absolute Gasteiger partial charge is 0.494 e. The summed E-state index contributed by atoms with van der Waals surface area (Å²) in [6, 6.07) is 6.12. The van der Waals surface area contributed by atoms with Crippen molar-refractivity contribution in [3.8, 4) is 5.75 Å². The van der Waals surface area contributed by atoms with Crippen molar-refractivity contribution in [2.24, 2.45) is 10.9 Å². The van der Waals surface area contributed by atoms with E-state index in [1.54, 1.807) is 12.1 Å². The van der Waals surface area contributed by atoms with Crippen LogP contribution in [-0.4, -0.2) is 57.4 Å². The molecule has 1 aromatic rings. The molecule has 0 aromatic heterocycles. The number of hydrogen-bond acceptors (Lipinski definition) is 3. The highest BCUT2D eigenvalue weighted by atomic mass is 127. The summed E-state index contributed by atoms with van der Waals surface area (Å²) in [7, 11) is 2.04. The van der Waals surface area contributed by atoms with Crippen LogP contribution in [-0.2, 0) is 4.74 Å². The first-order chi connectivity index (χ1) is 12.7. The summed E-state index contributed by atoms with van der Waals surface area (Å²) in [5.41, 5.74) is 0. The van der Waals surface area contributed by atoms with Gasteiger partial charge in [0.05, 0.1) is 13.2 Å². The molecule has 0 aliphatic heterocycles. The van der Waals surface area contributed by atoms with Gasteiger partial charge in [-0.3, -0.25) is 4.99 Å². The highest BCUT2D eigenvalue weighted by Crippen LogP contribution is 2.28. The highest BCUT2D eigenvalue weighted by molar-refractivity contribution is 14.0. The maximum atomic E-state index is 12.8. The Morgan fingerprint density at radius 1 is 1.22 bits per heavy atom. The maximum Gasteiger partial charge on any atom is 0.193 e. The second-order valence-corrected chi connectivity index (χ2v) is 6.68. The molecule has 0 bridgehead atoms. The molecule has 7 heteroatoms. The summed E-state index contributed by atoms with van der Waals surface area (Å²) < 4.78 is 24.1. The van der Waals surface area contributed by atoms with Crippen molar-refractivity contribution >= 4 is 29.9 Å². The lowest BCUT2D eigenvalue weighted by Gasteiger charge is -2.22. The van der Waals surface area contributed by atoms with Crippen LogP contribution in [0, 0.1) is 11.7 Å². The third kappa shape index (κ3) is 10.7. The normalized spacial score (nSPS) is 13.8. The Bertz CT molecular complexity index is 539. The number of hydrogen-bond donors (Lipinski definition) is 1. The van der Waals surface area contributed by atoms with E-state index < -0.39 is 0 Å². The molecule has 27 heavy (non-hydrogen) atoms. The van der Waals surface area contributed by atoms with Gasteiger partial charge in [-0.15, -0.1) is 24.0 Å². The molecule has 1 aromatic carbocycles. The van der Waals surface area contributed by atoms with Gasteiger partial charge in [-0.05, 0) is 62.8 Å². The lowest BCUT2D eigenvalue weighted by molar-refractivity contribution is 0.115. The number of nitrogens with zero attached hydrogens (tertiary/aromatic N) is 2. The Morgan fingerprint density at radius 3 is 2.63 bits per heavy atom. The third-order valence-electron chi connectivity index (χ3n) is 4.21. The molecule has 154 valence electrons. The van der Waals surface area contributed by atoms with E-state index in [2.05, 4.69) is 22.1 Å². The summed E-state index contributed by atoms with van der Waals surface area (Å²) in [5, 5.41) is 3.32. The van der Waals surface area contributed by atoms with Gasteiger partial charge >= 0.3 is 0 Å². The van der Waals surface area contributed by atoms with E-state index >= 15 is 0 Å². The average Bonchev–Trinajstić information content (AvgIpc) is 3.46. The fourth-order valence-electron chi connectivity index (χ4n) is 2.43. The topological polar surface area (TPSA) is 46.1 Å². The molecular weight excluding hydrogens is 460 g/mol. The van der Waals surface area contributed by atoms with Crippen LogP contribution in [0.25, 0.3) is 0 Å². The van der Waals surface area contributed by atoms with Crippen molar-refractivity contribution in [2.75, 3.05) is 46.5 Å². The molecule has 0 heterocycles. The van der Waals surface area contributed by atoms with E-state index in [1.165, 1.54) is 25.0 Å². The van der Waals surface area contributed by atoms with Gasteiger partial charge in [-0.2, -0.15) is 0 Å². The van der Waals surface area contributed by atoms with E-state index in [0.29, 0.717) is 12.4 Å². The van der Waals surface area contributed by atoms with E-state index in [-0.39, 0.29) is 29.8 Å². The van der Waals surface area contributed by atoms with Crippen LogP contribution in [0.2, 0.25) is 0 Å². The molecule has 1 saturated carbocycles. The van der Waals surface area contributed by atoms with Gasteiger partial charge in [0.2, 0.25) is 0 Å². The second-order valence-electron chi connectivity index (χ2n) is 6.68. The summed E-state index contributed by atoms with van der Waals surface area (Å²) in [6.45, 7) is 6.76. The van der Waals surface area contributed by atoms with Crippen molar-refractivity contribution < 1.29 is 13.9 Å². The zero-order chi connectivity index (χ0) is 18.6. The number of benzene rings is 1. The number of halogens is 2. The Hall–Kier alpha value is -1.09. The van der Waals surface area contributed by atoms with Crippen molar-refractivity contribution in [1.82, 2.24) is 10.2 Å². The van der Waals surface area contributed by atoms with Crippen molar-refractivity contribution in [3.05, 3.63) is 30.1 Å². The number of guanidine groups is 1. The first-order valence-electron chi connectivity index (χ1n) is 9.64. The number of likely N-dealkylation sites (N-methyl/N-ethyl adjacent to an activating group) is 1. The molecule has 0 spiro atoms. The van der Waals surface area contributed by atoms with Crippen LogP contribution in [0.3, 0.4) is 0 Å². The van der Waals surface area contributed by atoms with Crippen LogP contribution < -0.4 is 10.1 Å². The molecule has 1 N–H and O–H groups in total. The van der Waals surface area contributed by atoms with Crippen LogP contribution in [0.15, 0.2) is 29.3 Å². The minimum absolute atomic E-state index is 0. The van der Waals surface area contributed by atoms with Crippen LogP contribution in [0.1, 0.15) is 32.6 Å². The van der Waals surface area contributed by atoms with Crippen molar-refractivity contribution in [1.29, 1.82) is 0 Å². The number of nitrogens with one attached hydrogen (secondary N) is 1. The summed E-state index contributed by atoms with van der Waals surface area (Å²) in [6.07, 6.45) is 4.51. The zero-order valence-electron chi connectivity index (χ0n) is 16.5. The van der Waals surface area contributed by atoms with Gasteiger partial charge in [-0.1, -0.05) is 0 Å². The fraction of sp³-hybridized carbons (Fsp3) is 0.650. The molecule has 2 rings (SSSR count). The van der Waals surface area contributed by atoms with Crippen molar-refractivity contribution in [3.63, 3.8) is 0 Å². The molecule has 0 radical (unpaired) electrons. The smallest absolute Gasteiger partial charge is 0.193 e. The first-order valence-corrected chi connectivity index (χ1v) is 9.64. The predicted octanol–water partition coefficient (Wildman–Crippen LogP) is 3.93. The Kier molecular flexibility index (Phi) is 12.4. The number of ether oxygens (including phenoxy) is 2. The summed E-state index contributed by atoms with van der Waals surface area (Å²) in [4.78, 5) is 6.78. The number of aliphatic imine (C=N–C) groups is 1. The zero-order valence-corrected chi connectivity index (χ0v) is 18.8. The molecular formula is C20H33FIN3O2. The highest BCUT2D eigenvalue weighted by Gasteiger charge is 2.21. The molecule has 0 atom stereocenters.